The maximum absolute atomic E-state index is 3.66. The minimum absolute atomic E-state index is 1.22. The maximum atomic E-state index is 3.66. The molecular formula is C23H42. The van der Waals surface area contributed by atoms with E-state index < -0.39 is 0 Å². The third-order valence-corrected chi connectivity index (χ3v) is 4.47. The van der Waals surface area contributed by atoms with E-state index in [-0.39, 0.29) is 0 Å². The molecule has 0 aromatic carbocycles. The van der Waals surface area contributed by atoms with Crippen LogP contribution in [0.2, 0.25) is 0 Å². The lowest BCUT2D eigenvalue weighted by Crippen LogP contribution is -1.83. The Morgan fingerprint density at radius 1 is 0.522 bits per heavy atom. The molecule has 0 atom stereocenters. The van der Waals surface area contributed by atoms with Gasteiger partial charge in [0, 0.05) is 0 Å². The molecule has 0 unspecified atom stereocenters. The first-order valence-electron chi connectivity index (χ1n) is 10.4. The van der Waals surface area contributed by atoms with E-state index in [1.54, 1.807) is 0 Å². The van der Waals surface area contributed by atoms with E-state index in [1.807, 2.05) is 12.2 Å². The molecule has 0 radical (unpaired) electrons. The Balaban J connectivity index is 3.04. The molecule has 0 amide bonds. The van der Waals surface area contributed by atoms with Crippen LogP contribution in [-0.2, 0) is 0 Å². The molecule has 0 aromatic rings. The van der Waals surface area contributed by atoms with Crippen molar-refractivity contribution in [3.8, 4) is 0 Å². The third kappa shape index (κ3) is 21.2. The molecule has 0 aliphatic rings. The molecule has 0 aromatic heterocycles. The minimum atomic E-state index is 1.22. The van der Waals surface area contributed by atoms with Gasteiger partial charge < -0.3 is 0 Å². The first kappa shape index (κ1) is 22.2. The number of unbranched alkanes of at least 4 members (excludes halogenated alkanes) is 15. The molecule has 23 heavy (non-hydrogen) atoms. The van der Waals surface area contributed by atoms with Crippen molar-refractivity contribution >= 4 is 0 Å². The Bertz CT molecular complexity index is 272. The fraction of sp³-hybridized carbons (Fsp3) is 0.739. The normalized spacial score (nSPS) is 11.7. The Labute approximate surface area is 147 Å². The molecule has 134 valence electrons. The van der Waals surface area contributed by atoms with E-state index in [0.29, 0.717) is 0 Å². The summed E-state index contributed by atoms with van der Waals surface area (Å²) in [6.45, 7) is 5.95. The van der Waals surface area contributed by atoms with Gasteiger partial charge in [0.05, 0.1) is 0 Å². The second kappa shape index (κ2) is 21.2. The summed E-state index contributed by atoms with van der Waals surface area (Å²) < 4.78 is 0. The van der Waals surface area contributed by atoms with Gasteiger partial charge in [-0.25, -0.2) is 0 Å². The highest BCUT2D eigenvalue weighted by Crippen LogP contribution is 2.13. The summed E-state index contributed by atoms with van der Waals surface area (Å²) >= 11 is 0. The molecule has 0 N–H and O–H groups in total. The van der Waals surface area contributed by atoms with Gasteiger partial charge in [-0.3, -0.25) is 0 Å². The van der Waals surface area contributed by atoms with Crippen LogP contribution in [0.4, 0.5) is 0 Å². The summed E-state index contributed by atoms with van der Waals surface area (Å²) in [5.74, 6) is 0. The van der Waals surface area contributed by atoms with E-state index in [4.69, 9.17) is 0 Å². The fourth-order valence-corrected chi connectivity index (χ4v) is 2.95. The van der Waals surface area contributed by atoms with Crippen molar-refractivity contribution in [2.45, 2.75) is 110 Å². The molecule has 0 nitrogen and oxygen atoms in total. The number of rotatable bonds is 18. The highest BCUT2D eigenvalue weighted by atomic mass is 14.0. The first-order chi connectivity index (χ1) is 11.4. The molecule has 0 heteroatoms. The second-order valence-electron chi connectivity index (χ2n) is 6.79. The number of allylic oxidation sites excluding steroid dienone is 5. The van der Waals surface area contributed by atoms with Gasteiger partial charge in [0.15, 0.2) is 0 Å². The first-order valence-corrected chi connectivity index (χ1v) is 10.4. The zero-order valence-corrected chi connectivity index (χ0v) is 15.9. The monoisotopic (exact) mass is 318 g/mol. The summed E-state index contributed by atoms with van der Waals surface area (Å²) in [5, 5.41) is 0. The van der Waals surface area contributed by atoms with Gasteiger partial charge in [0.25, 0.3) is 0 Å². The van der Waals surface area contributed by atoms with Gasteiger partial charge in [0.2, 0.25) is 0 Å². The van der Waals surface area contributed by atoms with Gasteiger partial charge in [-0.1, -0.05) is 134 Å². The predicted molar refractivity (Wildman–Crippen MR) is 108 cm³/mol. The summed E-state index contributed by atoms with van der Waals surface area (Å²) in [7, 11) is 0. The average Bonchev–Trinajstić information content (AvgIpc) is 2.57. The van der Waals surface area contributed by atoms with Gasteiger partial charge >= 0.3 is 0 Å². The van der Waals surface area contributed by atoms with Crippen molar-refractivity contribution in [1.29, 1.82) is 0 Å². The lowest BCUT2D eigenvalue weighted by molar-refractivity contribution is 0.533. The smallest absolute Gasteiger partial charge is 0.0348 e. The zero-order chi connectivity index (χ0) is 16.8. The lowest BCUT2D eigenvalue weighted by Gasteiger charge is -2.03. The Hall–Kier alpha value is -0.780. The molecule has 0 aliphatic carbocycles. The van der Waals surface area contributed by atoms with E-state index in [1.165, 1.54) is 103 Å². The highest BCUT2D eigenvalue weighted by Gasteiger charge is 1.93. The van der Waals surface area contributed by atoms with Crippen molar-refractivity contribution in [3.63, 3.8) is 0 Å². The SMILES string of the molecule is C=C/C=C/C=C/CCCCCCCCCCCCCCCCC. The van der Waals surface area contributed by atoms with Crippen molar-refractivity contribution in [1.82, 2.24) is 0 Å². The van der Waals surface area contributed by atoms with Crippen molar-refractivity contribution < 1.29 is 0 Å². The molecule has 0 aliphatic heterocycles. The fourth-order valence-electron chi connectivity index (χ4n) is 2.95. The molecule has 0 saturated carbocycles. The number of hydrogen-bond donors (Lipinski definition) is 0. The Morgan fingerprint density at radius 2 is 0.957 bits per heavy atom. The van der Waals surface area contributed by atoms with Crippen LogP contribution in [0.15, 0.2) is 37.0 Å². The van der Waals surface area contributed by atoms with E-state index in [2.05, 4.69) is 31.7 Å². The standard InChI is InChI=1S/C23H42/c1-3-5-7-9-11-13-15-17-19-21-23-22-20-18-16-14-12-10-8-6-4-2/h3,5,7,9,11H,1,4,6,8,10,12-23H2,2H3/b7-5+,11-9+. The van der Waals surface area contributed by atoms with Crippen molar-refractivity contribution in [2.75, 3.05) is 0 Å². The molecule has 0 fully saturated rings. The van der Waals surface area contributed by atoms with Crippen LogP contribution in [0.5, 0.6) is 0 Å². The summed E-state index contributed by atoms with van der Waals surface area (Å²) in [5.41, 5.74) is 0. The molecule has 0 rings (SSSR count). The Kier molecular flexibility index (Phi) is 20.5. The van der Waals surface area contributed by atoms with Crippen molar-refractivity contribution in [3.05, 3.63) is 37.0 Å². The van der Waals surface area contributed by atoms with E-state index in [9.17, 15) is 0 Å². The molecule has 0 spiro atoms. The summed E-state index contributed by atoms with van der Waals surface area (Å²) in [6, 6.07) is 0. The quantitative estimate of drug-likeness (QED) is 0.175. The molecular weight excluding hydrogens is 276 g/mol. The molecule has 0 saturated heterocycles. The van der Waals surface area contributed by atoms with Crippen molar-refractivity contribution in [2.24, 2.45) is 0 Å². The van der Waals surface area contributed by atoms with Crippen LogP contribution in [0.1, 0.15) is 110 Å². The van der Waals surface area contributed by atoms with Gasteiger partial charge in [-0.05, 0) is 12.8 Å². The summed E-state index contributed by atoms with van der Waals surface area (Å²) in [6.07, 6.45) is 33.1. The van der Waals surface area contributed by atoms with Crippen LogP contribution < -0.4 is 0 Å². The molecule has 0 bridgehead atoms. The lowest BCUT2D eigenvalue weighted by atomic mass is 10.0. The minimum Gasteiger partial charge on any atom is -0.0991 e. The summed E-state index contributed by atoms with van der Waals surface area (Å²) in [4.78, 5) is 0. The van der Waals surface area contributed by atoms with Crippen LogP contribution >= 0.6 is 0 Å². The third-order valence-electron chi connectivity index (χ3n) is 4.47. The highest BCUT2D eigenvalue weighted by molar-refractivity contribution is 5.08. The van der Waals surface area contributed by atoms with Gasteiger partial charge in [0.1, 0.15) is 0 Å². The van der Waals surface area contributed by atoms with Crippen LogP contribution in [0, 0.1) is 0 Å². The average molecular weight is 319 g/mol. The van der Waals surface area contributed by atoms with Gasteiger partial charge in [-0.15, -0.1) is 0 Å². The number of hydrogen-bond acceptors (Lipinski definition) is 0. The van der Waals surface area contributed by atoms with Crippen LogP contribution in [0.3, 0.4) is 0 Å². The maximum Gasteiger partial charge on any atom is -0.0348 e. The second-order valence-corrected chi connectivity index (χ2v) is 6.79. The molecule has 0 heterocycles. The van der Waals surface area contributed by atoms with Crippen LogP contribution in [-0.4, -0.2) is 0 Å². The van der Waals surface area contributed by atoms with E-state index >= 15 is 0 Å². The van der Waals surface area contributed by atoms with Crippen LogP contribution in [0.25, 0.3) is 0 Å². The predicted octanol–water partition coefficient (Wildman–Crippen LogP) is 8.55. The van der Waals surface area contributed by atoms with E-state index in [0.717, 1.165) is 0 Å². The van der Waals surface area contributed by atoms with Gasteiger partial charge in [-0.2, -0.15) is 0 Å². The Morgan fingerprint density at radius 3 is 1.39 bits per heavy atom. The topological polar surface area (TPSA) is 0 Å². The zero-order valence-electron chi connectivity index (χ0n) is 15.9. The largest absolute Gasteiger partial charge is 0.0991 e.